The lowest BCUT2D eigenvalue weighted by molar-refractivity contribution is 0.265. The molecule has 1 fully saturated rings. The number of thiazole rings is 1. The van der Waals surface area contributed by atoms with Crippen molar-refractivity contribution in [1.29, 1.82) is 0 Å². The largest absolute Gasteiger partial charge is 0.310 e. The van der Waals surface area contributed by atoms with Crippen LogP contribution in [0.15, 0.2) is 5.38 Å². The van der Waals surface area contributed by atoms with Crippen LogP contribution < -0.4 is 5.32 Å². The van der Waals surface area contributed by atoms with Crippen molar-refractivity contribution in [3.8, 4) is 0 Å². The molecule has 0 aromatic carbocycles. The lowest BCUT2D eigenvalue weighted by Gasteiger charge is -2.18. The number of hydrogen-bond acceptors (Lipinski definition) is 4. The Kier molecular flexibility index (Phi) is 5.79. The number of rotatable bonds is 9. The summed E-state index contributed by atoms with van der Waals surface area (Å²) in [4.78, 5) is 7.26. The van der Waals surface area contributed by atoms with E-state index in [1.165, 1.54) is 30.1 Å². The maximum atomic E-state index is 4.74. The maximum absolute atomic E-state index is 4.74. The Morgan fingerprint density at radius 1 is 1.47 bits per heavy atom. The third-order valence-electron chi connectivity index (χ3n) is 3.47. The average Bonchev–Trinajstić information content (AvgIpc) is 3.07. The van der Waals surface area contributed by atoms with Crippen LogP contribution in [0.2, 0.25) is 0 Å². The highest BCUT2D eigenvalue weighted by Gasteiger charge is 2.23. The fraction of sp³-hybridized carbons (Fsp3) is 0.800. The number of aromatic nitrogens is 1. The molecule has 19 heavy (non-hydrogen) atoms. The van der Waals surface area contributed by atoms with E-state index in [1.807, 2.05) is 0 Å². The number of nitrogens with one attached hydrogen (secondary N) is 1. The first-order valence-corrected chi connectivity index (χ1v) is 8.41. The topological polar surface area (TPSA) is 28.2 Å². The molecule has 1 heterocycles. The highest BCUT2D eigenvalue weighted by atomic mass is 32.1. The minimum absolute atomic E-state index is 0.702. The third-order valence-corrected chi connectivity index (χ3v) is 4.37. The minimum atomic E-state index is 0.702. The maximum Gasteiger partial charge on any atom is 0.107 e. The Labute approximate surface area is 121 Å². The van der Waals surface area contributed by atoms with E-state index < -0.39 is 0 Å². The van der Waals surface area contributed by atoms with Crippen LogP contribution in [0.1, 0.15) is 44.3 Å². The van der Waals surface area contributed by atoms with Crippen molar-refractivity contribution in [3.05, 3.63) is 16.1 Å². The second kappa shape index (κ2) is 7.36. The zero-order chi connectivity index (χ0) is 13.7. The van der Waals surface area contributed by atoms with Gasteiger partial charge in [0.15, 0.2) is 0 Å². The molecule has 0 spiro atoms. The SMILES string of the molecule is CCN(Cc1csc(CNCC(C)C)n1)CC1CC1. The summed E-state index contributed by atoms with van der Waals surface area (Å²) in [6, 6.07) is 0. The van der Waals surface area contributed by atoms with E-state index in [4.69, 9.17) is 4.98 Å². The normalized spacial score (nSPS) is 15.6. The molecule has 0 bridgehead atoms. The molecule has 0 atom stereocenters. The van der Waals surface area contributed by atoms with E-state index in [-0.39, 0.29) is 0 Å². The van der Waals surface area contributed by atoms with E-state index in [0.29, 0.717) is 5.92 Å². The van der Waals surface area contributed by atoms with Crippen LogP contribution in [-0.2, 0) is 13.1 Å². The van der Waals surface area contributed by atoms with Crippen LogP contribution in [0.25, 0.3) is 0 Å². The Morgan fingerprint density at radius 2 is 2.26 bits per heavy atom. The summed E-state index contributed by atoms with van der Waals surface area (Å²) in [6.45, 7) is 12.1. The zero-order valence-electron chi connectivity index (χ0n) is 12.5. The molecular formula is C15H27N3S. The fourth-order valence-corrected chi connectivity index (χ4v) is 2.93. The molecule has 0 amide bonds. The van der Waals surface area contributed by atoms with Crippen molar-refractivity contribution in [1.82, 2.24) is 15.2 Å². The standard InChI is InChI=1S/C15H27N3S/c1-4-18(9-13-5-6-13)10-14-11-19-15(17-14)8-16-7-12(2)3/h11-13,16H,4-10H2,1-3H3. The van der Waals surface area contributed by atoms with Crippen molar-refractivity contribution >= 4 is 11.3 Å². The van der Waals surface area contributed by atoms with Gasteiger partial charge in [0, 0.05) is 25.0 Å². The highest BCUT2D eigenvalue weighted by molar-refractivity contribution is 7.09. The molecule has 0 saturated heterocycles. The average molecular weight is 281 g/mol. The Hall–Kier alpha value is -0.450. The van der Waals surface area contributed by atoms with Gasteiger partial charge in [0.25, 0.3) is 0 Å². The summed E-state index contributed by atoms with van der Waals surface area (Å²) in [5.74, 6) is 1.67. The van der Waals surface area contributed by atoms with Gasteiger partial charge in [0.05, 0.1) is 5.69 Å². The van der Waals surface area contributed by atoms with Gasteiger partial charge in [0.2, 0.25) is 0 Å². The Morgan fingerprint density at radius 3 is 2.89 bits per heavy atom. The van der Waals surface area contributed by atoms with Crippen LogP contribution in [0.5, 0.6) is 0 Å². The van der Waals surface area contributed by atoms with Gasteiger partial charge in [-0.05, 0) is 37.8 Å². The summed E-state index contributed by atoms with van der Waals surface area (Å²) in [6.07, 6.45) is 2.86. The summed E-state index contributed by atoms with van der Waals surface area (Å²) < 4.78 is 0. The highest BCUT2D eigenvalue weighted by Crippen LogP contribution is 2.30. The molecule has 2 rings (SSSR count). The lowest BCUT2D eigenvalue weighted by Crippen LogP contribution is -2.25. The van der Waals surface area contributed by atoms with Crippen molar-refractivity contribution in [2.24, 2.45) is 11.8 Å². The van der Waals surface area contributed by atoms with E-state index in [9.17, 15) is 0 Å². The molecule has 0 radical (unpaired) electrons. The van der Waals surface area contributed by atoms with E-state index in [1.54, 1.807) is 11.3 Å². The van der Waals surface area contributed by atoms with Gasteiger partial charge < -0.3 is 5.32 Å². The predicted octanol–water partition coefficient (Wildman–Crippen LogP) is 3.12. The van der Waals surface area contributed by atoms with Crippen molar-refractivity contribution < 1.29 is 0 Å². The van der Waals surface area contributed by atoms with E-state index >= 15 is 0 Å². The summed E-state index contributed by atoms with van der Waals surface area (Å²) in [5, 5.41) is 6.90. The molecule has 1 N–H and O–H groups in total. The molecule has 1 saturated carbocycles. The Bertz CT molecular complexity index is 371. The van der Waals surface area contributed by atoms with Gasteiger partial charge in [0.1, 0.15) is 5.01 Å². The first kappa shape index (κ1) is 14.9. The molecule has 3 nitrogen and oxygen atoms in total. The summed E-state index contributed by atoms with van der Waals surface area (Å²) in [7, 11) is 0. The molecule has 0 unspecified atom stereocenters. The van der Waals surface area contributed by atoms with E-state index in [2.05, 4.69) is 36.4 Å². The van der Waals surface area contributed by atoms with Crippen molar-refractivity contribution in [2.45, 2.75) is 46.7 Å². The van der Waals surface area contributed by atoms with Gasteiger partial charge in [-0.3, -0.25) is 4.90 Å². The molecule has 0 aliphatic heterocycles. The molecule has 4 heteroatoms. The lowest BCUT2D eigenvalue weighted by atomic mass is 10.2. The molecule has 1 aliphatic rings. The van der Waals surface area contributed by atoms with Crippen LogP contribution >= 0.6 is 11.3 Å². The number of nitrogens with zero attached hydrogens (tertiary/aromatic N) is 2. The van der Waals surface area contributed by atoms with Crippen molar-refractivity contribution in [2.75, 3.05) is 19.6 Å². The van der Waals surface area contributed by atoms with Gasteiger partial charge >= 0.3 is 0 Å². The monoisotopic (exact) mass is 281 g/mol. The second-order valence-electron chi connectivity index (χ2n) is 6.03. The quantitative estimate of drug-likeness (QED) is 0.754. The van der Waals surface area contributed by atoms with Gasteiger partial charge in [-0.25, -0.2) is 4.98 Å². The smallest absolute Gasteiger partial charge is 0.107 e. The zero-order valence-corrected chi connectivity index (χ0v) is 13.3. The third kappa shape index (κ3) is 5.59. The van der Waals surface area contributed by atoms with Crippen LogP contribution in [0.3, 0.4) is 0 Å². The van der Waals surface area contributed by atoms with Crippen LogP contribution in [-0.4, -0.2) is 29.5 Å². The summed E-state index contributed by atoms with van der Waals surface area (Å²) >= 11 is 1.79. The molecule has 1 aromatic rings. The molecule has 1 aromatic heterocycles. The Balaban J connectivity index is 1.75. The van der Waals surface area contributed by atoms with Gasteiger partial charge in [-0.2, -0.15) is 0 Å². The molecule has 1 aliphatic carbocycles. The first-order chi connectivity index (χ1) is 9.17. The van der Waals surface area contributed by atoms with Gasteiger partial charge in [-0.1, -0.05) is 20.8 Å². The summed E-state index contributed by atoms with van der Waals surface area (Å²) in [5.41, 5.74) is 1.24. The van der Waals surface area contributed by atoms with Crippen molar-refractivity contribution in [3.63, 3.8) is 0 Å². The van der Waals surface area contributed by atoms with Crippen LogP contribution in [0.4, 0.5) is 0 Å². The van der Waals surface area contributed by atoms with Gasteiger partial charge in [-0.15, -0.1) is 11.3 Å². The van der Waals surface area contributed by atoms with E-state index in [0.717, 1.165) is 32.1 Å². The minimum Gasteiger partial charge on any atom is -0.310 e. The fourth-order valence-electron chi connectivity index (χ4n) is 2.17. The predicted molar refractivity (Wildman–Crippen MR) is 82.3 cm³/mol. The van der Waals surface area contributed by atoms with Crippen LogP contribution in [0, 0.1) is 11.8 Å². The molecule has 108 valence electrons. The first-order valence-electron chi connectivity index (χ1n) is 7.53. The second-order valence-corrected chi connectivity index (χ2v) is 6.97. The molecular weight excluding hydrogens is 254 g/mol. The number of hydrogen-bond donors (Lipinski definition) is 1.